The minimum absolute atomic E-state index is 0.295. The monoisotopic (exact) mass is 548 g/mol. The normalized spacial score (nSPS) is 22.2. The van der Waals surface area contributed by atoms with Gasteiger partial charge in [-0.2, -0.15) is 0 Å². The number of rotatable bonds is 13. The smallest absolute Gasteiger partial charge is 0.147 e. The second kappa shape index (κ2) is 15.3. The number of hydrogen-bond donors (Lipinski definition) is 0. The lowest BCUT2D eigenvalue weighted by Gasteiger charge is -2.44. The van der Waals surface area contributed by atoms with E-state index in [1.807, 2.05) is 121 Å². The molecule has 0 spiro atoms. The highest BCUT2D eigenvalue weighted by atomic mass is 16.6. The van der Waals surface area contributed by atoms with Crippen LogP contribution in [0.2, 0.25) is 0 Å². The Kier molecular flexibility index (Phi) is 10.7. The maximum absolute atomic E-state index is 6.62. The number of terminal acetylenes is 1. The van der Waals surface area contributed by atoms with E-state index in [9.17, 15) is 0 Å². The van der Waals surface area contributed by atoms with Crippen LogP contribution in [0.3, 0.4) is 0 Å². The van der Waals surface area contributed by atoms with Crippen LogP contribution in [0.4, 0.5) is 0 Å². The van der Waals surface area contributed by atoms with E-state index in [1.165, 1.54) is 0 Å². The Morgan fingerprint density at radius 1 is 0.512 bits per heavy atom. The van der Waals surface area contributed by atoms with E-state index in [1.54, 1.807) is 0 Å². The van der Waals surface area contributed by atoms with Gasteiger partial charge in [0, 0.05) is 0 Å². The molecule has 0 amide bonds. The van der Waals surface area contributed by atoms with Crippen molar-refractivity contribution in [2.24, 2.45) is 0 Å². The fraction of sp³-hybridized carbons (Fsp3) is 0.278. The average Bonchev–Trinajstić information content (AvgIpc) is 3.04. The summed E-state index contributed by atoms with van der Waals surface area (Å²) < 4.78 is 32.3. The molecule has 5 atom stereocenters. The van der Waals surface area contributed by atoms with Crippen LogP contribution in [-0.2, 0) is 50.1 Å². The first kappa shape index (κ1) is 28.8. The van der Waals surface area contributed by atoms with Crippen molar-refractivity contribution >= 4 is 0 Å². The highest BCUT2D eigenvalue weighted by molar-refractivity contribution is 5.17. The van der Waals surface area contributed by atoms with E-state index < -0.39 is 30.5 Å². The van der Waals surface area contributed by atoms with Gasteiger partial charge in [0.2, 0.25) is 0 Å². The zero-order chi connectivity index (χ0) is 28.1. The highest BCUT2D eigenvalue weighted by Gasteiger charge is 2.48. The van der Waals surface area contributed by atoms with Gasteiger partial charge in [0.25, 0.3) is 0 Å². The molecule has 1 saturated heterocycles. The first-order valence-electron chi connectivity index (χ1n) is 14.0. The minimum Gasteiger partial charge on any atom is -0.374 e. The zero-order valence-corrected chi connectivity index (χ0v) is 23.1. The van der Waals surface area contributed by atoms with Crippen LogP contribution in [0.15, 0.2) is 121 Å². The van der Waals surface area contributed by atoms with E-state index in [4.69, 9.17) is 30.1 Å². The van der Waals surface area contributed by atoms with Crippen LogP contribution >= 0.6 is 0 Å². The molecule has 1 aliphatic rings. The van der Waals surface area contributed by atoms with E-state index in [-0.39, 0.29) is 0 Å². The maximum Gasteiger partial charge on any atom is 0.147 e. The van der Waals surface area contributed by atoms with Crippen molar-refractivity contribution in [1.29, 1.82) is 0 Å². The molecule has 1 heterocycles. The maximum atomic E-state index is 6.62. The fourth-order valence-electron chi connectivity index (χ4n) is 4.92. The van der Waals surface area contributed by atoms with E-state index >= 15 is 0 Å². The lowest BCUT2D eigenvalue weighted by Crippen LogP contribution is -2.60. The Morgan fingerprint density at radius 2 is 0.902 bits per heavy atom. The molecular formula is C36H36O5. The molecule has 0 aromatic heterocycles. The SMILES string of the molecule is C#CC1O[C@H](COCc2ccccc2)[C@@H](OCc2ccccc2)[C@@H](OCc2ccccc2)[C@@H]1OCc1ccccc1. The van der Waals surface area contributed by atoms with E-state index in [2.05, 4.69) is 5.92 Å². The van der Waals surface area contributed by atoms with Gasteiger partial charge in [0.05, 0.1) is 33.0 Å². The molecule has 210 valence electrons. The fourth-order valence-corrected chi connectivity index (χ4v) is 4.92. The van der Waals surface area contributed by atoms with Gasteiger partial charge in [-0.15, -0.1) is 6.42 Å². The number of benzene rings is 4. The molecule has 4 aromatic rings. The average molecular weight is 549 g/mol. The molecule has 4 aromatic carbocycles. The lowest BCUT2D eigenvalue weighted by atomic mass is 9.94. The van der Waals surface area contributed by atoms with Crippen molar-refractivity contribution in [3.8, 4) is 12.3 Å². The quantitative estimate of drug-likeness (QED) is 0.182. The number of hydrogen-bond acceptors (Lipinski definition) is 5. The molecule has 0 N–H and O–H groups in total. The van der Waals surface area contributed by atoms with Gasteiger partial charge in [0.15, 0.2) is 0 Å². The molecule has 1 unspecified atom stereocenters. The second-order valence-electron chi connectivity index (χ2n) is 10.0. The van der Waals surface area contributed by atoms with Crippen LogP contribution < -0.4 is 0 Å². The summed E-state index contributed by atoms with van der Waals surface area (Å²) >= 11 is 0. The van der Waals surface area contributed by atoms with Gasteiger partial charge in [0.1, 0.15) is 30.5 Å². The molecule has 41 heavy (non-hydrogen) atoms. The largest absolute Gasteiger partial charge is 0.374 e. The third-order valence-corrected chi connectivity index (χ3v) is 7.05. The molecule has 0 aliphatic carbocycles. The predicted molar refractivity (Wildman–Crippen MR) is 159 cm³/mol. The first-order chi connectivity index (χ1) is 20.3. The highest BCUT2D eigenvalue weighted by Crippen LogP contribution is 2.31. The first-order valence-corrected chi connectivity index (χ1v) is 14.0. The molecule has 0 bridgehead atoms. The Labute approximate surface area is 243 Å². The minimum atomic E-state index is -0.638. The molecule has 1 aliphatic heterocycles. The Hall–Kier alpha value is -3.76. The van der Waals surface area contributed by atoms with Crippen molar-refractivity contribution in [2.45, 2.75) is 56.9 Å². The second-order valence-corrected chi connectivity index (χ2v) is 10.0. The molecule has 1 fully saturated rings. The summed E-state index contributed by atoms with van der Waals surface area (Å²) in [6, 6.07) is 40.2. The van der Waals surface area contributed by atoms with Gasteiger partial charge in [-0.25, -0.2) is 0 Å². The van der Waals surface area contributed by atoms with E-state index in [0.29, 0.717) is 33.0 Å². The summed E-state index contributed by atoms with van der Waals surface area (Å²) in [7, 11) is 0. The zero-order valence-electron chi connectivity index (χ0n) is 23.1. The summed E-state index contributed by atoms with van der Waals surface area (Å²) in [5.41, 5.74) is 4.23. The third-order valence-electron chi connectivity index (χ3n) is 7.05. The molecule has 5 heteroatoms. The Bertz CT molecular complexity index is 1320. The summed E-state index contributed by atoms with van der Waals surface area (Å²) in [4.78, 5) is 0. The van der Waals surface area contributed by atoms with Gasteiger partial charge in [-0.1, -0.05) is 127 Å². The van der Waals surface area contributed by atoms with Crippen LogP contribution in [0.1, 0.15) is 22.3 Å². The number of ether oxygens (including phenoxy) is 5. The molecule has 0 saturated carbocycles. The standard InChI is InChI=1S/C36H36O5/c1-2-32-34(38-24-29-17-9-4-10-18-29)36(40-26-31-21-13-6-14-22-31)35(39-25-30-19-11-5-12-20-30)33(41-32)27-37-23-28-15-7-3-8-16-28/h1,3-22,32-36H,23-27H2/t32?,33-,34-,35-,36+/m1/s1. The van der Waals surface area contributed by atoms with Crippen molar-refractivity contribution in [2.75, 3.05) is 6.61 Å². The Morgan fingerprint density at radius 3 is 1.34 bits per heavy atom. The van der Waals surface area contributed by atoms with Crippen molar-refractivity contribution in [3.05, 3.63) is 144 Å². The summed E-state index contributed by atoms with van der Waals surface area (Å²) in [5, 5.41) is 0. The van der Waals surface area contributed by atoms with Gasteiger partial charge in [-0.05, 0) is 22.3 Å². The third kappa shape index (κ3) is 8.37. The molecule has 0 radical (unpaired) electrons. The Balaban J connectivity index is 1.39. The summed E-state index contributed by atoms with van der Waals surface area (Å²) in [6.45, 7) is 1.90. The van der Waals surface area contributed by atoms with E-state index in [0.717, 1.165) is 22.3 Å². The summed E-state index contributed by atoms with van der Waals surface area (Å²) in [6.07, 6.45) is 3.41. The van der Waals surface area contributed by atoms with Gasteiger partial charge in [-0.3, -0.25) is 0 Å². The van der Waals surface area contributed by atoms with Crippen LogP contribution in [-0.4, -0.2) is 37.1 Å². The van der Waals surface area contributed by atoms with Crippen LogP contribution in [0, 0.1) is 12.3 Å². The topological polar surface area (TPSA) is 46.2 Å². The molecule has 5 nitrogen and oxygen atoms in total. The van der Waals surface area contributed by atoms with Crippen molar-refractivity contribution in [1.82, 2.24) is 0 Å². The lowest BCUT2D eigenvalue weighted by molar-refractivity contribution is -0.261. The summed E-state index contributed by atoms with van der Waals surface area (Å²) in [5.74, 6) is 2.81. The van der Waals surface area contributed by atoms with Gasteiger partial charge >= 0.3 is 0 Å². The van der Waals surface area contributed by atoms with Gasteiger partial charge < -0.3 is 23.7 Å². The van der Waals surface area contributed by atoms with Crippen LogP contribution in [0.25, 0.3) is 0 Å². The molecule has 5 rings (SSSR count). The predicted octanol–water partition coefficient (Wildman–Crippen LogP) is 6.36. The van der Waals surface area contributed by atoms with Crippen molar-refractivity contribution < 1.29 is 23.7 Å². The molecular weight excluding hydrogens is 512 g/mol. The van der Waals surface area contributed by atoms with Crippen LogP contribution in [0.5, 0.6) is 0 Å². The van der Waals surface area contributed by atoms with Crippen molar-refractivity contribution in [3.63, 3.8) is 0 Å².